The van der Waals surface area contributed by atoms with E-state index in [4.69, 9.17) is 28.3 Å². The summed E-state index contributed by atoms with van der Waals surface area (Å²) in [6.45, 7) is 0. The van der Waals surface area contributed by atoms with E-state index in [1.807, 2.05) is 0 Å². The number of urea groups is 1. The summed E-state index contributed by atoms with van der Waals surface area (Å²) in [6, 6.07) is 4.07. The van der Waals surface area contributed by atoms with Crippen molar-refractivity contribution in [3.8, 4) is 0 Å². The summed E-state index contributed by atoms with van der Waals surface area (Å²) < 4.78 is 0. The third kappa shape index (κ3) is 2.93. The van der Waals surface area contributed by atoms with Gasteiger partial charge >= 0.3 is 12.0 Å². The lowest BCUT2D eigenvalue weighted by Crippen LogP contribution is -2.60. The molecule has 1 aliphatic carbocycles. The first-order valence-electron chi connectivity index (χ1n) is 5.70. The Kier molecular flexibility index (Phi) is 3.87. The van der Waals surface area contributed by atoms with Crippen molar-refractivity contribution in [3.05, 3.63) is 28.2 Å². The van der Waals surface area contributed by atoms with E-state index in [1.54, 1.807) is 12.1 Å². The largest absolute Gasteiger partial charge is 0.480 e. The molecule has 3 N–H and O–H groups in total. The number of carbonyl (C=O) groups is 2. The highest BCUT2D eigenvalue weighted by atomic mass is 35.5. The summed E-state index contributed by atoms with van der Waals surface area (Å²) in [4.78, 5) is 22.9. The van der Waals surface area contributed by atoms with Crippen molar-refractivity contribution in [2.75, 3.05) is 5.32 Å². The van der Waals surface area contributed by atoms with Crippen molar-refractivity contribution in [1.29, 1.82) is 0 Å². The lowest BCUT2D eigenvalue weighted by atomic mass is 9.77. The average Bonchev–Trinajstić information content (AvgIpc) is 2.28. The molecule has 0 atom stereocenters. The van der Waals surface area contributed by atoms with Crippen LogP contribution >= 0.6 is 23.2 Å². The zero-order valence-electron chi connectivity index (χ0n) is 9.87. The first-order valence-corrected chi connectivity index (χ1v) is 6.46. The molecule has 0 aromatic heterocycles. The Balaban J connectivity index is 2.01. The van der Waals surface area contributed by atoms with E-state index in [9.17, 15) is 9.59 Å². The highest BCUT2D eigenvalue weighted by Crippen LogP contribution is 2.32. The number of hydrogen-bond acceptors (Lipinski definition) is 2. The second-order valence-corrected chi connectivity index (χ2v) is 5.26. The minimum atomic E-state index is -1.14. The highest BCUT2D eigenvalue weighted by Gasteiger charge is 2.45. The van der Waals surface area contributed by atoms with Crippen LogP contribution in [-0.2, 0) is 4.79 Å². The standard InChI is InChI=1S/C12H12Cl2N2O3/c13-8-3-2-7(6-9(8)14)15-11(19)16-12(10(17)18)4-1-5-12/h2-3,6H,1,4-5H2,(H,17,18)(H2,15,16,19). The number of carboxylic acid groups (broad SMARTS) is 1. The molecule has 0 radical (unpaired) electrons. The molecular formula is C12H12Cl2N2O3. The summed E-state index contributed by atoms with van der Waals surface area (Å²) in [5.41, 5.74) is -0.688. The highest BCUT2D eigenvalue weighted by molar-refractivity contribution is 6.42. The molecule has 19 heavy (non-hydrogen) atoms. The first kappa shape index (κ1) is 14.0. The zero-order chi connectivity index (χ0) is 14.0. The lowest BCUT2D eigenvalue weighted by Gasteiger charge is -2.38. The summed E-state index contributed by atoms with van der Waals surface area (Å²) >= 11 is 11.6. The van der Waals surface area contributed by atoms with Gasteiger partial charge in [0.25, 0.3) is 0 Å². The van der Waals surface area contributed by atoms with Crippen LogP contribution in [0.5, 0.6) is 0 Å². The summed E-state index contributed by atoms with van der Waals surface area (Å²) in [7, 11) is 0. The van der Waals surface area contributed by atoms with Gasteiger partial charge in [0.1, 0.15) is 5.54 Å². The number of nitrogens with one attached hydrogen (secondary N) is 2. The molecular weight excluding hydrogens is 291 g/mol. The molecule has 1 saturated carbocycles. The smallest absolute Gasteiger partial charge is 0.329 e. The molecule has 0 saturated heterocycles. The molecule has 1 fully saturated rings. The topological polar surface area (TPSA) is 78.4 Å². The van der Waals surface area contributed by atoms with Crippen molar-refractivity contribution in [2.24, 2.45) is 0 Å². The monoisotopic (exact) mass is 302 g/mol. The average molecular weight is 303 g/mol. The summed E-state index contributed by atoms with van der Waals surface area (Å²) in [5.74, 6) is -1.01. The third-order valence-corrected chi connectivity index (χ3v) is 3.89. The van der Waals surface area contributed by atoms with E-state index in [0.29, 0.717) is 28.6 Å². The predicted octanol–water partition coefficient (Wildman–Crippen LogP) is 3.12. The van der Waals surface area contributed by atoms with Gasteiger partial charge in [-0.2, -0.15) is 0 Å². The van der Waals surface area contributed by atoms with E-state index in [2.05, 4.69) is 10.6 Å². The maximum absolute atomic E-state index is 11.8. The maximum Gasteiger partial charge on any atom is 0.329 e. The van der Waals surface area contributed by atoms with E-state index >= 15 is 0 Å². The van der Waals surface area contributed by atoms with Crippen LogP contribution in [0.1, 0.15) is 19.3 Å². The van der Waals surface area contributed by atoms with Crippen LogP contribution in [0.4, 0.5) is 10.5 Å². The van der Waals surface area contributed by atoms with Gasteiger partial charge in [0, 0.05) is 5.69 Å². The van der Waals surface area contributed by atoms with Crippen molar-refractivity contribution in [2.45, 2.75) is 24.8 Å². The molecule has 1 aliphatic rings. The zero-order valence-corrected chi connectivity index (χ0v) is 11.4. The molecule has 1 aromatic rings. The fraction of sp³-hybridized carbons (Fsp3) is 0.333. The van der Waals surface area contributed by atoms with Crippen molar-refractivity contribution in [3.63, 3.8) is 0 Å². The third-order valence-electron chi connectivity index (χ3n) is 3.15. The van der Waals surface area contributed by atoms with Crippen molar-refractivity contribution in [1.82, 2.24) is 5.32 Å². The van der Waals surface area contributed by atoms with Gasteiger partial charge in [0.05, 0.1) is 10.0 Å². The molecule has 2 amide bonds. The number of rotatable bonds is 3. The van der Waals surface area contributed by atoms with Gasteiger partial charge < -0.3 is 15.7 Å². The Morgan fingerprint density at radius 1 is 1.21 bits per heavy atom. The van der Waals surface area contributed by atoms with Gasteiger partial charge in [-0.25, -0.2) is 9.59 Å². The van der Waals surface area contributed by atoms with Gasteiger partial charge in [-0.05, 0) is 37.5 Å². The molecule has 5 nitrogen and oxygen atoms in total. The molecule has 2 rings (SSSR count). The van der Waals surface area contributed by atoms with Crippen LogP contribution in [0.2, 0.25) is 10.0 Å². The van der Waals surface area contributed by atoms with Crippen LogP contribution < -0.4 is 10.6 Å². The quantitative estimate of drug-likeness (QED) is 0.802. The number of carbonyl (C=O) groups excluding carboxylic acids is 1. The molecule has 7 heteroatoms. The van der Waals surface area contributed by atoms with Crippen LogP contribution in [-0.4, -0.2) is 22.6 Å². The minimum absolute atomic E-state index is 0.316. The van der Waals surface area contributed by atoms with Gasteiger partial charge in [0.2, 0.25) is 0 Å². The number of halogens is 2. The molecule has 0 bridgehead atoms. The number of benzene rings is 1. The second-order valence-electron chi connectivity index (χ2n) is 4.45. The van der Waals surface area contributed by atoms with Crippen LogP contribution in [0.25, 0.3) is 0 Å². The van der Waals surface area contributed by atoms with E-state index in [-0.39, 0.29) is 0 Å². The Labute approximate surface area is 119 Å². The molecule has 1 aromatic carbocycles. The Hall–Kier alpha value is -1.46. The lowest BCUT2D eigenvalue weighted by molar-refractivity contribution is -0.148. The molecule has 0 spiro atoms. The summed E-state index contributed by atoms with van der Waals surface area (Å²) in [6.07, 6.45) is 1.67. The first-order chi connectivity index (χ1) is 8.93. The van der Waals surface area contributed by atoms with Crippen molar-refractivity contribution < 1.29 is 14.7 Å². The Morgan fingerprint density at radius 2 is 1.89 bits per heavy atom. The van der Waals surface area contributed by atoms with Crippen LogP contribution in [0.15, 0.2) is 18.2 Å². The van der Waals surface area contributed by atoms with E-state index in [0.717, 1.165) is 6.42 Å². The van der Waals surface area contributed by atoms with E-state index < -0.39 is 17.5 Å². The number of amides is 2. The van der Waals surface area contributed by atoms with Crippen LogP contribution in [0.3, 0.4) is 0 Å². The number of carboxylic acids is 1. The fourth-order valence-electron chi connectivity index (χ4n) is 1.88. The van der Waals surface area contributed by atoms with Crippen molar-refractivity contribution >= 4 is 40.9 Å². The molecule has 0 heterocycles. The number of hydrogen-bond donors (Lipinski definition) is 3. The molecule has 102 valence electrons. The normalized spacial score (nSPS) is 16.3. The predicted molar refractivity (Wildman–Crippen MR) is 72.8 cm³/mol. The Bertz CT molecular complexity index is 530. The van der Waals surface area contributed by atoms with Gasteiger partial charge in [-0.1, -0.05) is 23.2 Å². The van der Waals surface area contributed by atoms with Gasteiger partial charge in [-0.3, -0.25) is 0 Å². The van der Waals surface area contributed by atoms with Gasteiger partial charge in [-0.15, -0.1) is 0 Å². The Morgan fingerprint density at radius 3 is 2.37 bits per heavy atom. The van der Waals surface area contributed by atoms with Crippen LogP contribution in [0, 0.1) is 0 Å². The van der Waals surface area contributed by atoms with E-state index in [1.165, 1.54) is 6.07 Å². The SMILES string of the molecule is O=C(Nc1ccc(Cl)c(Cl)c1)NC1(C(=O)O)CCC1. The number of anilines is 1. The molecule has 0 unspecified atom stereocenters. The minimum Gasteiger partial charge on any atom is -0.480 e. The van der Waals surface area contributed by atoms with Gasteiger partial charge in [0.15, 0.2) is 0 Å². The fourth-order valence-corrected chi connectivity index (χ4v) is 2.17. The number of aliphatic carboxylic acids is 1. The maximum atomic E-state index is 11.8. The molecule has 0 aliphatic heterocycles. The summed E-state index contributed by atoms with van der Waals surface area (Å²) in [5, 5.41) is 14.8. The second kappa shape index (κ2) is 5.27.